The fourth-order valence-electron chi connectivity index (χ4n) is 5.79. The molecule has 0 aromatic carbocycles. The van der Waals surface area contributed by atoms with E-state index < -0.39 is 0 Å². The second-order valence-electron chi connectivity index (χ2n) is 10.5. The van der Waals surface area contributed by atoms with E-state index in [1.165, 1.54) is 18.4 Å². The molecule has 27 heavy (non-hydrogen) atoms. The van der Waals surface area contributed by atoms with Crippen molar-refractivity contribution in [2.45, 2.75) is 77.9 Å². The number of allylic oxidation sites excluding steroid dienone is 4. The largest absolute Gasteiger partial charge is 0.486 e. The van der Waals surface area contributed by atoms with E-state index in [-0.39, 0.29) is 34.9 Å². The average molecular weight is 368 g/mol. The van der Waals surface area contributed by atoms with Crippen LogP contribution in [0, 0.1) is 22.7 Å². The van der Waals surface area contributed by atoms with Gasteiger partial charge in [0.25, 0.3) is 0 Å². The van der Waals surface area contributed by atoms with Crippen LogP contribution >= 0.6 is 0 Å². The van der Waals surface area contributed by atoms with Crippen molar-refractivity contribution >= 4 is 12.9 Å². The number of ketones is 1. The van der Waals surface area contributed by atoms with Crippen molar-refractivity contribution in [2.75, 3.05) is 0 Å². The summed E-state index contributed by atoms with van der Waals surface area (Å²) in [4.78, 5) is 13.0. The summed E-state index contributed by atoms with van der Waals surface area (Å²) in [5.41, 5.74) is 0.539. The zero-order chi connectivity index (χ0) is 19.7. The van der Waals surface area contributed by atoms with Gasteiger partial charge in [0, 0.05) is 5.41 Å². The summed E-state index contributed by atoms with van der Waals surface area (Å²) in [6, 6.07) is 0. The molecule has 4 fully saturated rings. The molecule has 5 aliphatic rings. The van der Waals surface area contributed by atoms with E-state index in [4.69, 9.17) is 9.31 Å². The summed E-state index contributed by atoms with van der Waals surface area (Å²) in [6.07, 6.45) is 11.5. The van der Waals surface area contributed by atoms with Gasteiger partial charge < -0.3 is 9.31 Å². The van der Waals surface area contributed by atoms with Crippen LogP contribution in [0.2, 0.25) is 0 Å². The minimum atomic E-state index is -0.343. The molecule has 4 unspecified atom stereocenters. The Morgan fingerprint density at radius 3 is 2.52 bits per heavy atom. The van der Waals surface area contributed by atoms with Gasteiger partial charge in [0.2, 0.25) is 0 Å². The van der Waals surface area contributed by atoms with Gasteiger partial charge in [-0.3, -0.25) is 4.79 Å². The molecule has 2 bridgehead atoms. The topological polar surface area (TPSA) is 35.5 Å². The standard InChI is InChI=1S/C23H33BO3/c1-16-15-23-11-8-17(16)14-18(23)22(6,19(25)9-12-23)10-7-13-24-26-20(2,3)21(4,5)27-24/h7,9,12-13,17-18H,1,8,10-11,14-15H2,2-6H3/b13-7+. The first-order chi connectivity index (χ1) is 12.5. The van der Waals surface area contributed by atoms with Gasteiger partial charge in [0.1, 0.15) is 0 Å². The van der Waals surface area contributed by atoms with Crippen molar-refractivity contribution in [2.24, 2.45) is 22.7 Å². The zero-order valence-corrected chi connectivity index (χ0v) is 17.5. The SMILES string of the molecule is C=C1CC23C=CC(=O)C(C)(C/C=C/B4OC(C)(C)C(C)(C)O4)C2CC1CC3. The second-order valence-corrected chi connectivity index (χ2v) is 10.5. The first-order valence-corrected chi connectivity index (χ1v) is 10.4. The van der Waals surface area contributed by atoms with Gasteiger partial charge in [-0.15, -0.1) is 0 Å². The van der Waals surface area contributed by atoms with Gasteiger partial charge in [0.15, 0.2) is 5.78 Å². The lowest BCUT2D eigenvalue weighted by molar-refractivity contribution is -0.134. The van der Waals surface area contributed by atoms with Crippen molar-refractivity contribution in [1.29, 1.82) is 0 Å². The average Bonchev–Trinajstić information content (AvgIpc) is 2.78. The highest BCUT2D eigenvalue weighted by atomic mass is 16.7. The number of hydrogen-bond acceptors (Lipinski definition) is 3. The molecular formula is C23H33BO3. The Bertz CT molecular complexity index is 718. The molecule has 3 nitrogen and oxygen atoms in total. The van der Waals surface area contributed by atoms with Crippen LogP contribution in [0.15, 0.2) is 36.4 Å². The Kier molecular flexibility index (Phi) is 4.22. The number of fused-ring (bicyclic) bond motifs is 2. The van der Waals surface area contributed by atoms with Crippen LogP contribution in [0.1, 0.15) is 66.7 Å². The third-order valence-corrected chi connectivity index (χ3v) is 8.31. The molecule has 3 saturated carbocycles. The van der Waals surface area contributed by atoms with Crippen LogP contribution in [0.25, 0.3) is 0 Å². The number of carbonyl (C=O) groups is 1. The van der Waals surface area contributed by atoms with Gasteiger partial charge in [-0.1, -0.05) is 37.2 Å². The normalized spacial score (nSPS) is 42.2. The Balaban J connectivity index is 1.53. The molecule has 0 radical (unpaired) electrons. The van der Waals surface area contributed by atoms with Gasteiger partial charge in [-0.25, -0.2) is 0 Å². The summed E-state index contributed by atoms with van der Waals surface area (Å²) in [5, 5.41) is 0. The first kappa shape index (κ1) is 19.2. The van der Waals surface area contributed by atoms with Gasteiger partial charge in [0.05, 0.1) is 11.2 Å². The summed E-state index contributed by atoms with van der Waals surface area (Å²) in [7, 11) is -0.343. The molecule has 1 aliphatic heterocycles. The van der Waals surface area contributed by atoms with Gasteiger partial charge >= 0.3 is 7.12 Å². The van der Waals surface area contributed by atoms with E-state index in [0.717, 1.165) is 19.3 Å². The highest BCUT2D eigenvalue weighted by Crippen LogP contribution is 2.64. The van der Waals surface area contributed by atoms with Gasteiger partial charge in [-0.2, -0.15) is 0 Å². The molecule has 4 atom stereocenters. The molecular weight excluding hydrogens is 335 g/mol. The lowest BCUT2D eigenvalue weighted by atomic mass is 9.44. The van der Waals surface area contributed by atoms with E-state index in [1.54, 1.807) is 0 Å². The Morgan fingerprint density at radius 1 is 1.22 bits per heavy atom. The van der Waals surface area contributed by atoms with Crippen molar-refractivity contribution in [3.8, 4) is 0 Å². The van der Waals surface area contributed by atoms with Crippen LogP contribution in [0.4, 0.5) is 0 Å². The maximum Gasteiger partial charge on any atom is 0.486 e. The predicted octanol–water partition coefficient (Wildman–Crippen LogP) is 5.07. The third-order valence-electron chi connectivity index (χ3n) is 8.31. The van der Waals surface area contributed by atoms with Crippen LogP contribution in [-0.2, 0) is 14.1 Å². The Labute approximate surface area is 164 Å². The highest BCUT2D eigenvalue weighted by molar-refractivity contribution is 6.51. The molecule has 5 rings (SSSR count). The number of carbonyl (C=O) groups excluding carboxylic acids is 1. The fraction of sp³-hybridized carbons (Fsp3) is 0.696. The predicted molar refractivity (Wildman–Crippen MR) is 109 cm³/mol. The molecule has 1 heterocycles. The highest BCUT2D eigenvalue weighted by Gasteiger charge is 2.58. The summed E-state index contributed by atoms with van der Waals surface area (Å²) in [6.45, 7) is 14.7. The van der Waals surface area contributed by atoms with E-state index in [1.807, 2.05) is 12.1 Å². The Hall–Kier alpha value is -1.13. The minimum absolute atomic E-state index is 0.146. The lowest BCUT2D eigenvalue weighted by Gasteiger charge is -2.59. The molecule has 1 saturated heterocycles. The molecule has 146 valence electrons. The molecule has 0 aromatic rings. The minimum Gasteiger partial charge on any atom is -0.400 e. The monoisotopic (exact) mass is 368 g/mol. The molecule has 1 spiro atoms. The molecule has 4 aliphatic carbocycles. The second kappa shape index (κ2) is 5.94. The molecule has 0 amide bonds. The first-order valence-electron chi connectivity index (χ1n) is 10.4. The smallest absolute Gasteiger partial charge is 0.400 e. The Morgan fingerprint density at radius 2 is 1.89 bits per heavy atom. The third kappa shape index (κ3) is 2.83. The van der Waals surface area contributed by atoms with Crippen LogP contribution < -0.4 is 0 Å². The van der Waals surface area contributed by atoms with Crippen molar-refractivity contribution in [3.63, 3.8) is 0 Å². The lowest BCUT2D eigenvalue weighted by Crippen LogP contribution is -2.53. The van der Waals surface area contributed by atoms with E-state index in [9.17, 15) is 4.79 Å². The molecule has 4 heteroatoms. The zero-order valence-electron chi connectivity index (χ0n) is 17.5. The van der Waals surface area contributed by atoms with Crippen molar-refractivity contribution in [3.05, 3.63) is 36.4 Å². The van der Waals surface area contributed by atoms with Crippen LogP contribution in [-0.4, -0.2) is 24.1 Å². The molecule has 0 N–H and O–H groups in total. The number of rotatable bonds is 3. The maximum atomic E-state index is 13.0. The summed E-state index contributed by atoms with van der Waals surface area (Å²) < 4.78 is 12.1. The van der Waals surface area contributed by atoms with E-state index in [0.29, 0.717) is 11.8 Å². The van der Waals surface area contributed by atoms with Crippen LogP contribution in [0.3, 0.4) is 0 Å². The summed E-state index contributed by atoms with van der Waals surface area (Å²) in [5.74, 6) is 3.28. The van der Waals surface area contributed by atoms with Crippen LogP contribution in [0.5, 0.6) is 0 Å². The maximum absolute atomic E-state index is 13.0. The van der Waals surface area contributed by atoms with Crippen molar-refractivity contribution < 1.29 is 14.1 Å². The van der Waals surface area contributed by atoms with Crippen molar-refractivity contribution in [1.82, 2.24) is 0 Å². The van der Waals surface area contributed by atoms with E-state index >= 15 is 0 Å². The number of hydrogen-bond donors (Lipinski definition) is 0. The molecule has 0 aromatic heterocycles. The quantitative estimate of drug-likeness (QED) is 0.515. The van der Waals surface area contributed by atoms with E-state index in [2.05, 4.69) is 53.3 Å². The fourth-order valence-corrected chi connectivity index (χ4v) is 5.79. The summed E-state index contributed by atoms with van der Waals surface area (Å²) >= 11 is 0. The van der Waals surface area contributed by atoms with Gasteiger partial charge in [-0.05, 0) is 83.1 Å².